The number of benzene rings is 2. The van der Waals surface area contributed by atoms with Crippen LogP contribution in [0.25, 0.3) is 0 Å². The number of alkyl halides is 2. The van der Waals surface area contributed by atoms with Crippen molar-refractivity contribution in [1.82, 2.24) is 5.32 Å². The molecule has 0 bridgehead atoms. The fraction of sp³-hybridized carbons (Fsp3) is 0.333. The Morgan fingerprint density at radius 2 is 1.33 bits per heavy atom. The Morgan fingerprint density at radius 1 is 0.857 bits per heavy atom. The smallest absolute Gasteiger partial charge is 0.254 e. The minimum atomic E-state index is -2.41. The zero-order valence-corrected chi connectivity index (χ0v) is 12.2. The Hall–Kier alpha value is -1.74. The van der Waals surface area contributed by atoms with Gasteiger partial charge in [0.1, 0.15) is 0 Å². The van der Waals surface area contributed by atoms with Gasteiger partial charge >= 0.3 is 0 Å². The predicted octanol–water partition coefficient (Wildman–Crippen LogP) is 4.45. The monoisotopic (exact) mass is 289 g/mol. The first-order chi connectivity index (χ1) is 10.2. The van der Waals surface area contributed by atoms with Crippen molar-refractivity contribution in [2.24, 2.45) is 0 Å². The zero-order valence-electron chi connectivity index (χ0n) is 12.2. The SMILES string of the molecule is CCCNC(C(F)F)C(c1ccccc1)c1ccccc1. The van der Waals surface area contributed by atoms with Gasteiger partial charge in [-0.05, 0) is 24.1 Å². The standard InChI is InChI=1S/C18H21F2N/c1-2-13-21-17(18(19)20)16(14-9-5-3-6-10-14)15-11-7-4-8-12-15/h3-12,16-18,21H,2,13H2,1H3. The van der Waals surface area contributed by atoms with E-state index >= 15 is 0 Å². The van der Waals surface area contributed by atoms with Gasteiger partial charge in [-0.1, -0.05) is 67.6 Å². The van der Waals surface area contributed by atoms with Crippen molar-refractivity contribution in [3.63, 3.8) is 0 Å². The van der Waals surface area contributed by atoms with Crippen molar-refractivity contribution in [2.45, 2.75) is 31.7 Å². The number of rotatable bonds is 7. The Balaban J connectivity index is 2.39. The highest BCUT2D eigenvalue weighted by molar-refractivity contribution is 5.34. The average molecular weight is 289 g/mol. The Labute approximate surface area is 125 Å². The molecule has 112 valence electrons. The van der Waals surface area contributed by atoms with Crippen molar-refractivity contribution in [3.8, 4) is 0 Å². The van der Waals surface area contributed by atoms with Crippen LogP contribution in [0, 0.1) is 0 Å². The average Bonchev–Trinajstić information content (AvgIpc) is 2.53. The van der Waals surface area contributed by atoms with E-state index in [1.54, 1.807) is 0 Å². The fourth-order valence-corrected chi connectivity index (χ4v) is 2.59. The van der Waals surface area contributed by atoms with Crippen LogP contribution in [0.5, 0.6) is 0 Å². The molecule has 0 aliphatic carbocycles. The lowest BCUT2D eigenvalue weighted by Gasteiger charge is -2.28. The Bertz CT molecular complexity index is 474. The molecular formula is C18H21F2N. The van der Waals surface area contributed by atoms with Crippen LogP contribution in [0.1, 0.15) is 30.4 Å². The van der Waals surface area contributed by atoms with Gasteiger partial charge in [0.05, 0.1) is 6.04 Å². The molecule has 1 nitrogen and oxygen atoms in total. The first-order valence-electron chi connectivity index (χ1n) is 7.35. The highest BCUT2D eigenvalue weighted by atomic mass is 19.3. The third kappa shape index (κ3) is 4.11. The summed E-state index contributed by atoms with van der Waals surface area (Å²) < 4.78 is 27.2. The van der Waals surface area contributed by atoms with Crippen LogP contribution in [0.4, 0.5) is 8.78 Å². The molecule has 3 heteroatoms. The first kappa shape index (κ1) is 15.6. The van der Waals surface area contributed by atoms with E-state index in [0.717, 1.165) is 17.5 Å². The molecule has 2 aromatic rings. The van der Waals surface area contributed by atoms with Crippen LogP contribution in [0.3, 0.4) is 0 Å². The van der Waals surface area contributed by atoms with Gasteiger partial charge in [0, 0.05) is 5.92 Å². The summed E-state index contributed by atoms with van der Waals surface area (Å²) in [5.74, 6) is -0.348. The van der Waals surface area contributed by atoms with Gasteiger partial charge in [0.25, 0.3) is 6.43 Å². The van der Waals surface area contributed by atoms with Gasteiger partial charge in [0.15, 0.2) is 0 Å². The second-order valence-electron chi connectivity index (χ2n) is 5.11. The van der Waals surface area contributed by atoms with E-state index in [4.69, 9.17) is 0 Å². The predicted molar refractivity (Wildman–Crippen MR) is 82.8 cm³/mol. The van der Waals surface area contributed by atoms with Gasteiger partial charge in [-0.3, -0.25) is 0 Å². The molecule has 0 saturated carbocycles. The van der Waals surface area contributed by atoms with Crippen molar-refractivity contribution in [2.75, 3.05) is 6.54 Å². The summed E-state index contributed by atoms with van der Waals surface area (Å²) in [6.45, 7) is 2.57. The van der Waals surface area contributed by atoms with E-state index in [1.807, 2.05) is 67.6 Å². The molecule has 0 spiro atoms. The van der Waals surface area contributed by atoms with Gasteiger partial charge in [-0.15, -0.1) is 0 Å². The highest BCUT2D eigenvalue weighted by Gasteiger charge is 2.31. The second kappa shape index (κ2) is 7.89. The van der Waals surface area contributed by atoms with Crippen molar-refractivity contribution >= 4 is 0 Å². The molecule has 21 heavy (non-hydrogen) atoms. The second-order valence-corrected chi connectivity index (χ2v) is 5.11. The zero-order chi connectivity index (χ0) is 15.1. The van der Waals surface area contributed by atoms with E-state index < -0.39 is 12.5 Å². The maximum absolute atomic E-state index is 13.6. The maximum Gasteiger partial charge on any atom is 0.254 e. The molecule has 1 atom stereocenters. The summed E-state index contributed by atoms with van der Waals surface area (Å²) >= 11 is 0. The molecule has 1 unspecified atom stereocenters. The third-order valence-electron chi connectivity index (χ3n) is 3.58. The van der Waals surface area contributed by atoms with Crippen LogP contribution in [0.2, 0.25) is 0 Å². The molecular weight excluding hydrogens is 268 g/mol. The molecule has 2 rings (SSSR count). The maximum atomic E-state index is 13.6. The Kier molecular flexibility index (Phi) is 5.88. The van der Waals surface area contributed by atoms with Crippen molar-refractivity contribution in [3.05, 3.63) is 71.8 Å². The van der Waals surface area contributed by atoms with Crippen LogP contribution >= 0.6 is 0 Å². The molecule has 0 aromatic heterocycles. The summed E-state index contributed by atoms with van der Waals surface area (Å²) in [5, 5.41) is 3.02. The normalized spacial score (nSPS) is 12.8. The highest BCUT2D eigenvalue weighted by Crippen LogP contribution is 2.30. The first-order valence-corrected chi connectivity index (χ1v) is 7.35. The molecule has 1 N–H and O–H groups in total. The summed E-state index contributed by atoms with van der Waals surface area (Å²) in [4.78, 5) is 0. The van der Waals surface area contributed by atoms with Crippen molar-refractivity contribution in [1.29, 1.82) is 0 Å². The molecule has 0 aliphatic rings. The summed E-state index contributed by atoms with van der Waals surface area (Å²) in [7, 11) is 0. The topological polar surface area (TPSA) is 12.0 Å². The van der Waals surface area contributed by atoms with Crippen LogP contribution < -0.4 is 5.32 Å². The minimum Gasteiger partial charge on any atom is -0.308 e. The van der Waals surface area contributed by atoms with Gasteiger partial charge in [0.2, 0.25) is 0 Å². The van der Waals surface area contributed by atoms with Gasteiger partial charge in [-0.2, -0.15) is 0 Å². The largest absolute Gasteiger partial charge is 0.308 e. The summed E-state index contributed by atoms with van der Waals surface area (Å²) in [5.41, 5.74) is 1.83. The number of halogens is 2. The van der Waals surface area contributed by atoms with Crippen LogP contribution in [-0.4, -0.2) is 19.0 Å². The van der Waals surface area contributed by atoms with Crippen LogP contribution in [0.15, 0.2) is 60.7 Å². The minimum absolute atomic E-state index is 0.348. The summed E-state index contributed by atoms with van der Waals surface area (Å²) in [6, 6.07) is 18.2. The fourth-order valence-electron chi connectivity index (χ4n) is 2.59. The number of hydrogen-bond acceptors (Lipinski definition) is 1. The van der Waals surface area contributed by atoms with Gasteiger partial charge < -0.3 is 5.32 Å². The number of nitrogens with one attached hydrogen (secondary N) is 1. The molecule has 0 fully saturated rings. The third-order valence-corrected chi connectivity index (χ3v) is 3.58. The van der Waals surface area contributed by atoms with E-state index in [-0.39, 0.29) is 5.92 Å². The lowest BCUT2D eigenvalue weighted by Crippen LogP contribution is -2.41. The van der Waals surface area contributed by atoms with E-state index in [9.17, 15) is 8.78 Å². The molecule has 2 aromatic carbocycles. The molecule has 0 amide bonds. The Morgan fingerprint density at radius 3 is 1.71 bits per heavy atom. The van der Waals surface area contributed by atoms with Crippen molar-refractivity contribution < 1.29 is 8.78 Å². The molecule has 0 heterocycles. The van der Waals surface area contributed by atoms with Crippen LogP contribution in [-0.2, 0) is 0 Å². The van der Waals surface area contributed by atoms with E-state index in [1.165, 1.54) is 0 Å². The summed E-state index contributed by atoms with van der Waals surface area (Å²) in [6.07, 6.45) is -1.58. The lowest BCUT2D eigenvalue weighted by atomic mass is 9.85. The van der Waals surface area contributed by atoms with E-state index in [2.05, 4.69) is 5.32 Å². The molecule has 0 radical (unpaired) electrons. The molecule has 0 aliphatic heterocycles. The quantitative estimate of drug-likeness (QED) is 0.794. The lowest BCUT2D eigenvalue weighted by molar-refractivity contribution is 0.0907. The van der Waals surface area contributed by atoms with E-state index in [0.29, 0.717) is 6.54 Å². The molecule has 0 saturated heterocycles. The number of hydrogen-bond donors (Lipinski definition) is 1. The van der Waals surface area contributed by atoms with Gasteiger partial charge in [-0.25, -0.2) is 8.78 Å².